The van der Waals surface area contributed by atoms with Gasteiger partial charge < -0.3 is 5.11 Å². The van der Waals surface area contributed by atoms with Crippen molar-refractivity contribution in [2.75, 3.05) is 0 Å². The highest BCUT2D eigenvalue weighted by molar-refractivity contribution is 5.97. The Hall–Kier alpha value is -2.28. The zero-order valence-electron chi connectivity index (χ0n) is 11.1. The van der Waals surface area contributed by atoms with Crippen LogP contribution >= 0.6 is 0 Å². The molecule has 0 aliphatic carbocycles. The summed E-state index contributed by atoms with van der Waals surface area (Å²) in [6.45, 7) is 4.04. The van der Waals surface area contributed by atoms with Crippen LogP contribution in [0.3, 0.4) is 0 Å². The fourth-order valence-corrected chi connectivity index (χ4v) is 2.46. The van der Waals surface area contributed by atoms with Gasteiger partial charge in [-0.2, -0.15) is 0 Å². The maximum atomic E-state index is 9.65. The van der Waals surface area contributed by atoms with Crippen LogP contribution in [0.5, 0.6) is 5.75 Å². The molecule has 0 unspecified atom stereocenters. The van der Waals surface area contributed by atoms with Crippen LogP contribution in [0.15, 0.2) is 54.6 Å². The van der Waals surface area contributed by atoms with Gasteiger partial charge in [0.1, 0.15) is 5.75 Å². The summed E-state index contributed by atoms with van der Waals surface area (Å²) in [6.07, 6.45) is 0. The first-order valence-electron chi connectivity index (χ1n) is 6.44. The molecule has 0 bridgehead atoms. The van der Waals surface area contributed by atoms with Gasteiger partial charge in [-0.1, -0.05) is 48.0 Å². The largest absolute Gasteiger partial charge is 0.508 e. The van der Waals surface area contributed by atoms with Crippen LogP contribution in [0.1, 0.15) is 11.1 Å². The molecule has 3 aromatic rings. The molecule has 0 atom stereocenters. The maximum Gasteiger partial charge on any atom is 0.118 e. The first-order chi connectivity index (χ1) is 9.15. The number of phenolic OH excluding ortho intramolecular Hbond substituents is 1. The van der Waals surface area contributed by atoms with Gasteiger partial charge in [0.2, 0.25) is 0 Å². The van der Waals surface area contributed by atoms with E-state index in [0.29, 0.717) is 5.75 Å². The molecule has 0 fully saturated rings. The molecule has 1 nitrogen and oxygen atoms in total. The fourth-order valence-electron chi connectivity index (χ4n) is 2.46. The lowest BCUT2D eigenvalue weighted by Crippen LogP contribution is -1.84. The molecular formula is C18H16O. The van der Waals surface area contributed by atoms with Crippen molar-refractivity contribution in [1.82, 2.24) is 0 Å². The Morgan fingerprint density at radius 3 is 2.47 bits per heavy atom. The highest BCUT2D eigenvalue weighted by atomic mass is 16.3. The smallest absolute Gasteiger partial charge is 0.118 e. The van der Waals surface area contributed by atoms with Crippen LogP contribution in [0.25, 0.3) is 21.9 Å². The Morgan fingerprint density at radius 1 is 0.842 bits per heavy atom. The summed E-state index contributed by atoms with van der Waals surface area (Å²) in [6, 6.07) is 18.6. The van der Waals surface area contributed by atoms with Crippen molar-refractivity contribution in [2.24, 2.45) is 0 Å². The van der Waals surface area contributed by atoms with Gasteiger partial charge in [0.05, 0.1) is 0 Å². The Bertz CT molecular complexity index is 757. The zero-order valence-corrected chi connectivity index (χ0v) is 11.1. The van der Waals surface area contributed by atoms with E-state index in [1.54, 1.807) is 6.07 Å². The predicted molar refractivity (Wildman–Crippen MR) is 80.5 cm³/mol. The molecule has 0 spiro atoms. The molecule has 3 rings (SSSR count). The number of hydrogen-bond donors (Lipinski definition) is 1. The van der Waals surface area contributed by atoms with E-state index in [0.717, 1.165) is 11.1 Å². The number of aromatic hydroxyl groups is 1. The molecule has 94 valence electrons. The third-order valence-corrected chi connectivity index (χ3v) is 3.55. The average molecular weight is 248 g/mol. The second-order valence-electron chi connectivity index (χ2n) is 5.03. The number of fused-ring (bicyclic) bond motifs is 1. The van der Waals surface area contributed by atoms with E-state index >= 15 is 0 Å². The van der Waals surface area contributed by atoms with Gasteiger partial charge in [-0.25, -0.2) is 0 Å². The third kappa shape index (κ3) is 2.08. The molecule has 0 radical (unpaired) electrons. The van der Waals surface area contributed by atoms with Crippen molar-refractivity contribution >= 4 is 10.8 Å². The van der Waals surface area contributed by atoms with Gasteiger partial charge in [0.25, 0.3) is 0 Å². The van der Waals surface area contributed by atoms with E-state index in [4.69, 9.17) is 0 Å². The van der Waals surface area contributed by atoms with Gasteiger partial charge in [0, 0.05) is 0 Å². The summed E-state index contributed by atoms with van der Waals surface area (Å²) in [5, 5.41) is 12.1. The third-order valence-electron chi connectivity index (χ3n) is 3.55. The second kappa shape index (κ2) is 4.43. The molecule has 0 heterocycles. The van der Waals surface area contributed by atoms with E-state index in [-0.39, 0.29) is 0 Å². The van der Waals surface area contributed by atoms with Crippen LogP contribution in [-0.4, -0.2) is 5.11 Å². The molecule has 0 aliphatic rings. The molecule has 0 saturated heterocycles. The van der Waals surface area contributed by atoms with Crippen molar-refractivity contribution in [3.05, 3.63) is 65.7 Å². The molecule has 3 aromatic carbocycles. The number of aryl methyl sites for hydroxylation is 2. The molecular weight excluding hydrogens is 232 g/mol. The van der Waals surface area contributed by atoms with E-state index in [1.165, 1.54) is 21.9 Å². The quantitative estimate of drug-likeness (QED) is 0.654. The number of hydrogen-bond acceptors (Lipinski definition) is 1. The highest BCUT2D eigenvalue weighted by Crippen LogP contribution is 2.31. The summed E-state index contributed by atoms with van der Waals surface area (Å²) >= 11 is 0. The lowest BCUT2D eigenvalue weighted by molar-refractivity contribution is 0.471. The first kappa shape index (κ1) is 11.8. The van der Waals surface area contributed by atoms with Gasteiger partial charge in [-0.3, -0.25) is 0 Å². The maximum absolute atomic E-state index is 9.65. The normalized spacial score (nSPS) is 10.8. The van der Waals surface area contributed by atoms with E-state index < -0.39 is 0 Å². The topological polar surface area (TPSA) is 20.2 Å². The number of rotatable bonds is 1. The van der Waals surface area contributed by atoms with Crippen LogP contribution in [0, 0.1) is 13.8 Å². The summed E-state index contributed by atoms with van der Waals surface area (Å²) in [5.41, 5.74) is 4.52. The Balaban J connectivity index is 2.29. The van der Waals surface area contributed by atoms with Gasteiger partial charge in [-0.15, -0.1) is 0 Å². The van der Waals surface area contributed by atoms with Crippen molar-refractivity contribution in [3.8, 4) is 16.9 Å². The van der Waals surface area contributed by atoms with Crippen LogP contribution in [0.4, 0.5) is 0 Å². The van der Waals surface area contributed by atoms with E-state index in [9.17, 15) is 5.11 Å². The average Bonchev–Trinajstić information content (AvgIpc) is 2.41. The number of benzene rings is 3. The monoisotopic (exact) mass is 248 g/mol. The SMILES string of the molecule is Cc1ccc2cccc(-c3ccc(O)c(C)c3)c2c1. The highest BCUT2D eigenvalue weighted by Gasteiger charge is 2.05. The summed E-state index contributed by atoms with van der Waals surface area (Å²) in [7, 11) is 0. The molecule has 1 heteroatoms. The molecule has 0 saturated carbocycles. The lowest BCUT2D eigenvalue weighted by atomic mass is 9.96. The standard InChI is InChI=1S/C18H16O/c1-12-6-7-14-4-3-5-16(17(14)10-12)15-8-9-18(19)13(2)11-15/h3-11,19H,1-2H3. The Kier molecular flexibility index (Phi) is 2.75. The van der Waals surface area contributed by atoms with E-state index in [1.807, 2.05) is 19.1 Å². The minimum atomic E-state index is 0.347. The first-order valence-corrected chi connectivity index (χ1v) is 6.44. The minimum absolute atomic E-state index is 0.347. The molecule has 0 aromatic heterocycles. The van der Waals surface area contributed by atoms with Gasteiger partial charge in [0.15, 0.2) is 0 Å². The summed E-state index contributed by atoms with van der Waals surface area (Å²) in [5.74, 6) is 0.347. The number of phenols is 1. The molecule has 0 aliphatic heterocycles. The fraction of sp³-hybridized carbons (Fsp3) is 0.111. The Morgan fingerprint density at radius 2 is 1.68 bits per heavy atom. The zero-order chi connectivity index (χ0) is 13.4. The van der Waals surface area contributed by atoms with Crippen molar-refractivity contribution in [1.29, 1.82) is 0 Å². The van der Waals surface area contributed by atoms with Gasteiger partial charge >= 0.3 is 0 Å². The van der Waals surface area contributed by atoms with Crippen molar-refractivity contribution in [3.63, 3.8) is 0 Å². The van der Waals surface area contributed by atoms with Crippen LogP contribution in [-0.2, 0) is 0 Å². The minimum Gasteiger partial charge on any atom is -0.508 e. The lowest BCUT2D eigenvalue weighted by Gasteiger charge is -2.09. The van der Waals surface area contributed by atoms with Crippen LogP contribution in [0.2, 0.25) is 0 Å². The summed E-state index contributed by atoms with van der Waals surface area (Å²) < 4.78 is 0. The molecule has 0 amide bonds. The van der Waals surface area contributed by atoms with Crippen molar-refractivity contribution < 1.29 is 5.11 Å². The predicted octanol–water partition coefficient (Wildman–Crippen LogP) is 4.83. The van der Waals surface area contributed by atoms with Crippen LogP contribution < -0.4 is 0 Å². The van der Waals surface area contributed by atoms with Gasteiger partial charge in [-0.05, 0) is 53.4 Å². The second-order valence-corrected chi connectivity index (χ2v) is 5.03. The molecule has 1 N–H and O–H groups in total. The molecule has 19 heavy (non-hydrogen) atoms. The van der Waals surface area contributed by atoms with E-state index in [2.05, 4.69) is 43.3 Å². The summed E-state index contributed by atoms with van der Waals surface area (Å²) in [4.78, 5) is 0. The van der Waals surface area contributed by atoms with Crippen molar-refractivity contribution in [2.45, 2.75) is 13.8 Å². The Labute approximate surface area is 113 Å².